The van der Waals surface area contributed by atoms with Gasteiger partial charge in [-0.3, -0.25) is 0 Å². The fourth-order valence-corrected chi connectivity index (χ4v) is 1.39. The van der Waals surface area contributed by atoms with Crippen LogP contribution in [-0.2, 0) is 0 Å². The Morgan fingerprint density at radius 1 is 1.13 bits per heavy atom. The van der Waals surface area contributed by atoms with Crippen LogP contribution in [0.2, 0.25) is 10.3 Å². The van der Waals surface area contributed by atoms with Crippen LogP contribution in [-0.4, -0.2) is 19.9 Å². The molecule has 4 nitrogen and oxygen atoms in total. The highest BCUT2D eigenvalue weighted by Crippen LogP contribution is 2.23. The van der Waals surface area contributed by atoms with E-state index in [2.05, 4.69) is 19.9 Å². The Kier molecular flexibility index (Phi) is 2.79. The molecule has 0 radical (unpaired) electrons. The molecule has 6 heteroatoms. The second-order valence-electron chi connectivity index (χ2n) is 2.85. The van der Waals surface area contributed by atoms with E-state index in [0.717, 1.165) is 0 Å². The number of hydrogen-bond acceptors (Lipinski definition) is 4. The highest BCUT2D eigenvalue weighted by Gasteiger charge is 2.09. The Hall–Kier alpha value is -1.26. The predicted molar refractivity (Wildman–Crippen MR) is 57.8 cm³/mol. The molecule has 0 spiro atoms. The normalized spacial score (nSPS) is 10.3. The molecule has 2 heterocycles. The van der Waals surface area contributed by atoms with Crippen LogP contribution in [0.5, 0.6) is 0 Å². The van der Waals surface area contributed by atoms with Gasteiger partial charge in [0.15, 0.2) is 5.82 Å². The third-order valence-electron chi connectivity index (χ3n) is 1.84. The molecule has 0 aliphatic rings. The van der Waals surface area contributed by atoms with E-state index in [-0.39, 0.29) is 0 Å². The molecular weight excluding hydrogens is 235 g/mol. The Labute approximate surface area is 96.3 Å². The quantitative estimate of drug-likeness (QED) is 0.720. The second kappa shape index (κ2) is 4.08. The number of nitrogens with zero attached hydrogens (tertiary/aromatic N) is 4. The maximum Gasteiger partial charge on any atom is 0.181 e. The van der Waals surface area contributed by atoms with Crippen LogP contribution in [0.25, 0.3) is 11.5 Å². The van der Waals surface area contributed by atoms with E-state index in [9.17, 15) is 0 Å². The summed E-state index contributed by atoms with van der Waals surface area (Å²) < 4.78 is 0. The maximum atomic E-state index is 5.89. The highest BCUT2D eigenvalue weighted by atomic mass is 35.5. The first kappa shape index (κ1) is 10.3. The van der Waals surface area contributed by atoms with Gasteiger partial charge in [-0.05, 0) is 13.0 Å². The van der Waals surface area contributed by atoms with Gasteiger partial charge in [0, 0.05) is 11.8 Å². The molecule has 0 unspecified atom stereocenters. The molecule has 2 aromatic rings. The van der Waals surface area contributed by atoms with Crippen molar-refractivity contribution in [1.29, 1.82) is 0 Å². The molecule has 0 aliphatic carbocycles. The van der Waals surface area contributed by atoms with E-state index in [1.165, 1.54) is 6.33 Å². The van der Waals surface area contributed by atoms with Gasteiger partial charge in [0.1, 0.15) is 22.3 Å². The van der Waals surface area contributed by atoms with E-state index in [1.54, 1.807) is 19.2 Å². The summed E-state index contributed by atoms with van der Waals surface area (Å²) in [7, 11) is 0. The summed E-state index contributed by atoms with van der Waals surface area (Å²) in [6.45, 7) is 1.76. The Bertz CT molecular complexity index is 464. The standard InChI is InChI=1S/C9H6Cl2N4/c1-5-7(10)14-9(15-8(5)11)6-2-3-12-4-13-6/h2-4H,1H3. The first-order valence-corrected chi connectivity index (χ1v) is 4.90. The van der Waals surface area contributed by atoms with Gasteiger partial charge in [-0.15, -0.1) is 0 Å². The van der Waals surface area contributed by atoms with Crippen molar-refractivity contribution in [2.24, 2.45) is 0 Å². The molecule has 15 heavy (non-hydrogen) atoms. The summed E-state index contributed by atoms with van der Waals surface area (Å²) in [4.78, 5) is 16.0. The van der Waals surface area contributed by atoms with Crippen molar-refractivity contribution < 1.29 is 0 Å². The van der Waals surface area contributed by atoms with E-state index in [1.807, 2.05) is 0 Å². The first-order valence-electron chi connectivity index (χ1n) is 4.14. The minimum Gasteiger partial charge on any atom is -0.245 e. The molecule has 2 rings (SSSR count). The lowest BCUT2D eigenvalue weighted by Crippen LogP contribution is -1.95. The second-order valence-corrected chi connectivity index (χ2v) is 3.56. The van der Waals surface area contributed by atoms with Crippen LogP contribution in [0.15, 0.2) is 18.6 Å². The Morgan fingerprint density at radius 2 is 1.80 bits per heavy atom. The fraction of sp³-hybridized carbons (Fsp3) is 0.111. The molecule has 0 atom stereocenters. The topological polar surface area (TPSA) is 51.6 Å². The lowest BCUT2D eigenvalue weighted by Gasteiger charge is -2.03. The van der Waals surface area contributed by atoms with Gasteiger partial charge < -0.3 is 0 Å². The number of aromatic nitrogens is 4. The van der Waals surface area contributed by atoms with E-state index in [0.29, 0.717) is 27.4 Å². The number of rotatable bonds is 1. The number of hydrogen-bond donors (Lipinski definition) is 0. The van der Waals surface area contributed by atoms with E-state index in [4.69, 9.17) is 23.2 Å². The van der Waals surface area contributed by atoms with Gasteiger partial charge in [0.2, 0.25) is 0 Å². The summed E-state index contributed by atoms with van der Waals surface area (Å²) in [5, 5.41) is 0.673. The van der Waals surface area contributed by atoms with Crippen molar-refractivity contribution in [1.82, 2.24) is 19.9 Å². The maximum absolute atomic E-state index is 5.89. The molecule has 0 amide bonds. The van der Waals surface area contributed by atoms with E-state index >= 15 is 0 Å². The SMILES string of the molecule is Cc1c(Cl)nc(-c2ccncn2)nc1Cl. The molecule has 2 aromatic heterocycles. The zero-order valence-electron chi connectivity index (χ0n) is 7.78. The predicted octanol–water partition coefficient (Wildman–Crippen LogP) is 2.55. The first-order chi connectivity index (χ1) is 7.18. The van der Waals surface area contributed by atoms with Gasteiger partial charge in [-0.2, -0.15) is 0 Å². The molecule has 0 aliphatic heterocycles. The summed E-state index contributed by atoms with van der Waals surface area (Å²) in [5.41, 5.74) is 1.25. The third-order valence-corrected chi connectivity index (χ3v) is 2.57. The van der Waals surface area contributed by atoms with Crippen molar-refractivity contribution in [3.05, 3.63) is 34.5 Å². The smallest absolute Gasteiger partial charge is 0.181 e. The molecule has 0 saturated heterocycles. The average molecular weight is 241 g/mol. The third kappa shape index (κ3) is 2.06. The highest BCUT2D eigenvalue weighted by molar-refractivity contribution is 6.34. The average Bonchev–Trinajstić information content (AvgIpc) is 2.26. The zero-order valence-corrected chi connectivity index (χ0v) is 9.29. The molecule has 0 fully saturated rings. The lowest BCUT2D eigenvalue weighted by atomic mass is 10.3. The fourth-order valence-electron chi connectivity index (χ4n) is 1.00. The summed E-state index contributed by atoms with van der Waals surface area (Å²) in [5.74, 6) is 0.401. The van der Waals surface area contributed by atoms with Crippen LogP contribution in [0.4, 0.5) is 0 Å². The lowest BCUT2D eigenvalue weighted by molar-refractivity contribution is 1.09. The van der Waals surface area contributed by atoms with Crippen LogP contribution in [0, 0.1) is 6.92 Å². The van der Waals surface area contributed by atoms with Crippen molar-refractivity contribution in [2.75, 3.05) is 0 Å². The summed E-state index contributed by atoms with van der Waals surface area (Å²) in [6.07, 6.45) is 3.02. The van der Waals surface area contributed by atoms with Crippen molar-refractivity contribution in [3.8, 4) is 11.5 Å². The summed E-state index contributed by atoms with van der Waals surface area (Å²) >= 11 is 11.8. The van der Waals surface area contributed by atoms with Crippen molar-refractivity contribution in [3.63, 3.8) is 0 Å². The van der Waals surface area contributed by atoms with Crippen LogP contribution < -0.4 is 0 Å². The van der Waals surface area contributed by atoms with Crippen LogP contribution >= 0.6 is 23.2 Å². The minimum atomic E-state index is 0.337. The molecule has 0 saturated carbocycles. The van der Waals surface area contributed by atoms with Crippen LogP contribution in [0.1, 0.15) is 5.56 Å². The largest absolute Gasteiger partial charge is 0.245 e. The number of halogens is 2. The van der Waals surface area contributed by atoms with Gasteiger partial charge in [-0.25, -0.2) is 19.9 Å². The molecule has 0 N–H and O–H groups in total. The van der Waals surface area contributed by atoms with Gasteiger partial charge in [0.25, 0.3) is 0 Å². The van der Waals surface area contributed by atoms with Gasteiger partial charge in [0.05, 0.1) is 0 Å². The summed E-state index contributed by atoms with van der Waals surface area (Å²) in [6, 6.07) is 1.69. The van der Waals surface area contributed by atoms with E-state index < -0.39 is 0 Å². The zero-order chi connectivity index (χ0) is 10.8. The molecule has 76 valence electrons. The molecule has 0 bridgehead atoms. The Balaban J connectivity index is 2.56. The minimum absolute atomic E-state index is 0.337. The van der Waals surface area contributed by atoms with Gasteiger partial charge >= 0.3 is 0 Å². The van der Waals surface area contributed by atoms with Crippen LogP contribution in [0.3, 0.4) is 0 Å². The van der Waals surface area contributed by atoms with Crippen molar-refractivity contribution >= 4 is 23.2 Å². The monoisotopic (exact) mass is 240 g/mol. The Morgan fingerprint density at radius 3 is 2.33 bits per heavy atom. The molecular formula is C9H6Cl2N4. The van der Waals surface area contributed by atoms with Crippen molar-refractivity contribution in [2.45, 2.75) is 6.92 Å². The van der Waals surface area contributed by atoms with Gasteiger partial charge in [-0.1, -0.05) is 23.2 Å². The molecule has 0 aromatic carbocycles.